The first-order valence-corrected chi connectivity index (χ1v) is 10.2. The predicted molar refractivity (Wildman–Crippen MR) is 121 cm³/mol. The largest absolute Gasteiger partial charge is 0.370 e. The van der Waals surface area contributed by atoms with Gasteiger partial charge in [-0.25, -0.2) is 4.79 Å². The van der Waals surface area contributed by atoms with Crippen molar-refractivity contribution >= 4 is 46.6 Å². The summed E-state index contributed by atoms with van der Waals surface area (Å²) < 4.78 is 0. The molecule has 8 nitrogen and oxygen atoms in total. The fraction of sp³-hybridized carbons (Fsp3) is 0.286. The van der Waals surface area contributed by atoms with Crippen LogP contribution in [0, 0.1) is 0 Å². The number of nitrogens with two attached hydrogens (primary N) is 1. The fourth-order valence-electron chi connectivity index (χ4n) is 3.10. The summed E-state index contributed by atoms with van der Waals surface area (Å²) in [7, 11) is 0. The number of hydrogen-bond donors (Lipinski definition) is 4. The van der Waals surface area contributed by atoms with E-state index in [2.05, 4.69) is 20.9 Å². The third-order valence-electron chi connectivity index (χ3n) is 4.62. The van der Waals surface area contributed by atoms with E-state index in [1.54, 1.807) is 36.4 Å². The van der Waals surface area contributed by atoms with Gasteiger partial charge in [0.1, 0.15) is 6.04 Å². The second kappa shape index (κ2) is 9.98. The summed E-state index contributed by atoms with van der Waals surface area (Å²) in [5.41, 5.74) is 8.01. The van der Waals surface area contributed by atoms with Crippen LogP contribution in [0.3, 0.4) is 0 Å². The number of hydrogen-bond acceptors (Lipinski definition) is 5. The molecule has 2 aromatic rings. The minimum atomic E-state index is -0.664. The van der Waals surface area contributed by atoms with Gasteiger partial charge >= 0.3 is 6.03 Å². The van der Waals surface area contributed by atoms with Crippen molar-refractivity contribution in [1.82, 2.24) is 5.32 Å². The van der Waals surface area contributed by atoms with Gasteiger partial charge < -0.3 is 26.6 Å². The molecule has 0 radical (unpaired) electrons. The van der Waals surface area contributed by atoms with Crippen molar-refractivity contribution in [3.05, 3.63) is 53.6 Å². The van der Waals surface area contributed by atoms with E-state index in [1.807, 2.05) is 24.0 Å². The molecule has 0 spiro atoms. The van der Waals surface area contributed by atoms with Gasteiger partial charge in [0, 0.05) is 28.6 Å². The van der Waals surface area contributed by atoms with E-state index in [4.69, 9.17) is 17.3 Å². The van der Waals surface area contributed by atoms with Crippen LogP contribution in [0.15, 0.2) is 53.5 Å². The molecule has 1 aliphatic heterocycles. The Morgan fingerprint density at radius 3 is 2.33 bits per heavy atom. The van der Waals surface area contributed by atoms with Gasteiger partial charge in [-0.3, -0.25) is 9.79 Å². The SMILES string of the molecule is CCCC(NC(=O)Nc1ccc(Cl)cc1)C(=O)Nc1ccc(N2CCN=C2N)cc1. The molecular weight excluding hydrogens is 404 g/mol. The third kappa shape index (κ3) is 5.64. The van der Waals surface area contributed by atoms with E-state index < -0.39 is 12.1 Å². The molecule has 0 saturated carbocycles. The Morgan fingerprint density at radius 1 is 1.10 bits per heavy atom. The van der Waals surface area contributed by atoms with E-state index in [9.17, 15) is 9.59 Å². The van der Waals surface area contributed by atoms with Crippen LogP contribution in [0.5, 0.6) is 0 Å². The number of halogens is 1. The van der Waals surface area contributed by atoms with E-state index in [0.717, 1.165) is 18.7 Å². The molecule has 3 amide bonds. The third-order valence-corrected chi connectivity index (χ3v) is 4.87. The minimum absolute atomic E-state index is 0.280. The van der Waals surface area contributed by atoms with Crippen molar-refractivity contribution in [1.29, 1.82) is 0 Å². The number of nitrogens with zero attached hydrogens (tertiary/aromatic N) is 2. The summed E-state index contributed by atoms with van der Waals surface area (Å²) in [6, 6.07) is 13.0. The second-order valence-electron chi connectivity index (χ2n) is 6.87. The maximum absolute atomic E-state index is 12.7. The molecule has 1 heterocycles. The smallest absolute Gasteiger partial charge is 0.319 e. The lowest BCUT2D eigenvalue weighted by atomic mass is 10.1. The predicted octanol–water partition coefficient (Wildman–Crippen LogP) is 3.40. The van der Waals surface area contributed by atoms with Gasteiger partial charge in [0.2, 0.25) is 5.91 Å². The lowest BCUT2D eigenvalue weighted by Gasteiger charge is -2.20. The summed E-state index contributed by atoms with van der Waals surface area (Å²) in [4.78, 5) is 31.1. The number of nitrogens with one attached hydrogen (secondary N) is 3. The molecule has 0 aliphatic carbocycles. The van der Waals surface area contributed by atoms with Crippen LogP contribution in [0.25, 0.3) is 0 Å². The zero-order valence-corrected chi connectivity index (χ0v) is 17.4. The zero-order valence-electron chi connectivity index (χ0n) is 16.7. The molecule has 9 heteroatoms. The maximum atomic E-state index is 12.7. The average Bonchev–Trinajstić information content (AvgIpc) is 3.16. The molecule has 1 aliphatic rings. The Kier molecular flexibility index (Phi) is 7.13. The van der Waals surface area contributed by atoms with Crippen LogP contribution in [0.2, 0.25) is 5.02 Å². The summed E-state index contributed by atoms with van der Waals surface area (Å²) in [5.74, 6) is 0.212. The van der Waals surface area contributed by atoms with E-state index in [0.29, 0.717) is 35.3 Å². The van der Waals surface area contributed by atoms with Crippen molar-refractivity contribution < 1.29 is 9.59 Å². The number of carbonyl (C=O) groups is 2. The van der Waals surface area contributed by atoms with Gasteiger partial charge in [0.05, 0.1) is 6.54 Å². The molecule has 2 aromatic carbocycles. The van der Waals surface area contributed by atoms with Gasteiger partial charge in [-0.1, -0.05) is 24.9 Å². The van der Waals surface area contributed by atoms with Crippen molar-refractivity contribution in [2.24, 2.45) is 10.7 Å². The number of rotatable bonds is 7. The fourth-order valence-corrected chi connectivity index (χ4v) is 3.22. The van der Waals surface area contributed by atoms with Crippen LogP contribution >= 0.6 is 11.6 Å². The summed E-state index contributed by atoms with van der Waals surface area (Å²) in [5, 5.41) is 8.86. The molecule has 158 valence electrons. The molecule has 1 unspecified atom stereocenters. The summed E-state index contributed by atoms with van der Waals surface area (Å²) in [6.07, 6.45) is 1.25. The molecule has 0 bridgehead atoms. The first-order chi connectivity index (χ1) is 14.5. The monoisotopic (exact) mass is 428 g/mol. The number of carbonyl (C=O) groups excluding carboxylic acids is 2. The first kappa shape index (κ1) is 21.4. The Morgan fingerprint density at radius 2 is 1.73 bits per heavy atom. The summed E-state index contributed by atoms with van der Waals surface area (Å²) in [6.45, 7) is 3.37. The number of benzene rings is 2. The molecule has 5 N–H and O–H groups in total. The molecular formula is C21H25ClN6O2. The van der Waals surface area contributed by atoms with Gasteiger partial charge in [-0.05, 0) is 55.0 Å². The first-order valence-electron chi connectivity index (χ1n) is 9.77. The number of urea groups is 1. The van der Waals surface area contributed by atoms with Crippen molar-refractivity contribution in [2.75, 3.05) is 28.6 Å². The molecule has 0 fully saturated rings. The Bertz CT molecular complexity index is 914. The van der Waals surface area contributed by atoms with E-state index >= 15 is 0 Å². The maximum Gasteiger partial charge on any atom is 0.319 e. The topological polar surface area (TPSA) is 112 Å². The second-order valence-corrected chi connectivity index (χ2v) is 7.31. The highest BCUT2D eigenvalue weighted by atomic mass is 35.5. The van der Waals surface area contributed by atoms with Crippen molar-refractivity contribution in [3.63, 3.8) is 0 Å². The number of amides is 3. The Hall–Kier alpha value is -3.26. The van der Waals surface area contributed by atoms with Gasteiger partial charge in [0.25, 0.3) is 0 Å². The van der Waals surface area contributed by atoms with Crippen LogP contribution in [0.4, 0.5) is 21.9 Å². The number of anilines is 3. The lowest BCUT2D eigenvalue weighted by molar-refractivity contribution is -0.118. The molecule has 1 atom stereocenters. The van der Waals surface area contributed by atoms with Gasteiger partial charge in [-0.15, -0.1) is 0 Å². The highest BCUT2D eigenvalue weighted by molar-refractivity contribution is 6.30. The molecule has 0 aromatic heterocycles. The average molecular weight is 429 g/mol. The highest BCUT2D eigenvalue weighted by Gasteiger charge is 2.21. The Labute approximate surface area is 180 Å². The van der Waals surface area contributed by atoms with E-state index in [-0.39, 0.29) is 5.91 Å². The van der Waals surface area contributed by atoms with Crippen molar-refractivity contribution in [3.8, 4) is 0 Å². The molecule has 0 saturated heterocycles. The lowest BCUT2D eigenvalue weighted by Crippen LogP contribution is -2.45. The molecule has 30 heavy (non-hydrogen) atoms. The van der Waals surface area contributed by atoms with Gasteiger partial charge in [-0.2, -0.15) is 0 Å². The van der Waals surface area contributed by atoms with E-state index in [1.165, 1.54) is 0 Å². The van der Waals surface area contributed by atoms with Crippen LogP contribution in [-0.2, 0) is 4.79 Å². The zero-order chi connectivity index (χ0) is 21.5. The van der Waals surface area contributed by atoms with Crippen LogP contribution in [0.1, 0.15) is 19.8 Å². The van der Waals surface area contributed by atoms with Crippen molar-refractivity contribution in [2.45, 2.75) is 25.8 Å². The molecule has 3 rings (SSSR count). The number of aliphatic imine (C=N–C) groups is 1. The van der Waals surface area contributed by atoms with Gasteiger partial charge in [0.15, 0.2) is 5.96 Å². The van der Waals surface area contributed by atoms with Crippen LogP contribution in [-0.4, -0.2) is 37.0 Å². The van der Waals surface area contributed by atoms with Crippen LogP contribution < -0.4 is 26.6 Å². The standard InChI is InChI=1S/C21H25ClN6O2/c1-2-3-18(27-21(30)26-16-6-4-14(22)5-7-16)19(29)25-15-8-10-17(11-9-15)28-13-12-24-20(28)23/h4-11,18H,2-3,12-13H2,1H3,(H2,23,24)(H,25,29)(H2,26,27,30). The highest BCUT2D eigenvalue weighted by Crippen LogP contribution is 2.20. The normalized spacial score (nSPS) is 14.1. The minimum Gasteiger partial charge on any atom is -0.370 e. The quantitative estimate of drug-likeness (QED) is 0.541. The Balaban J connectivity index is 1.58. The summed E-state index contributed by atoms with van der Waals surface area (Å²) >= 11 is 5.85. The number of guanidine groups is 1.